The van der Waals surface area contributed by atoms with E-state index in [1.165, 1.54) is 0 Å². The van der Waals surface area contributed by atoms with Crippen molar-refractivity contribution in [3.05, 3.63) is 34.3 Å². The lowest BCUT2D eigenvalue weighted by Gasteiger charge is -2.41. The van der Waals surface area contributed by atoms with Crippen molar-refractivity contribution in [3.63, 3.8) is 0 Å². The third-order valence-corrected chi connectivity index (χ3v) is 4.87. The summed E-state index contributed by atoms with van der Waals surface area (Å²) in [4.78, 5) is 18.4. The first-order valence-corrected chi connectivity index (χ1v) is 8.74. The lowest BCUT2D eigenvalue weighted by atomic mass is 9.91. The molecular formula is C18H19BrN4O. The van der Waals surface area contributed by atoms with Gasteiger partial charge in [-0.05, 0) is 44.0 Å². The zero-order chi connectivity index (χ0) is 17.3. The smallest absolute Gasteiger partial charge is 0.217 e. The molecule has 1 N–H and O–H groups in total. The SMILES string of the molecule is CC(=O)N[C@@]1(C)CCCN(c2cc(C#N)c3cc(Br)ccc3n2)C1. The van der Waals surface area contributed by atoms with Gasteiger partial charge >= 0.3 is 0 Å². The van der Waals surface area contributed by atoms with Crippen LogP contribution in [0.15, 0.2) is 28.7 Å². The molecule has 0 bridgehead atoms. The normalized spacial score (nSPS) is 20.7. The Balaban J connectivity index is 1.98. The van der Waals surface area contributed by atoms with Gasteiger partial charge in [-0.3, -0.25) is 4.79 Å². The van der Waals surface area contributed by atoms with Gasteiger partial charge in [0, 0.05) is 29.9 Å². The summed E-state index contributed by atoms with van der Waals surface area (Å²) in [6.45, 7) is 5.16. The second kappa shape index (κ2) is 6.40. The number of fused-ring (bicyclic) bond motifs is 1. The summed E-state index contributed by atoms with van der Waals surface area (Å²) in [7, 11) is 0. The number of halogens is 1. The zero-order valence-corrected chi connectivity index (χ0v) is 15.4. The molecule has 0 unspecified atom stereocenters. The van der Waals surface area contributed by atoms with Crippen molar-refractivity contribution in [2.24, 2.45) is 0 Å². The van der Waals surface area contributed by atoms with Gasteiger partial charge in [-0.2, -0.15) is 5.26 Å². The molecule has 3 rings (SSSR count). The van der Waals surface area contributed by atoms with E-state index in [1.807, 2.05) is 24.3 Å². The van der Waals surface area contributed by atoms with Gasteiger partial charge in [0.15, 0.2) is 0 Å². The highest BCUT2D eigenvalue weighted by molar-refractivity contribution is 9.10. The van der Waals surface area contributed by atoms with Gasteiger partial charge < -0.3 is 10.2 Å². The van der Waals surface area contributed by atoms with E-state index in [9.17, 15) is 10.1 Å². The number of carbonyl (C=O) groups is 1. The molecule has 2 heterocycles. The Morgan fingerprint density at radius 3 is 2.96 bits per heavy atom. The predicted molar refractivity (Wildman–Crippen MR) is 97.8 cm³/mol. The van der Waals surface area contributed by atoms with Crippen molar-refractivity contribution in [3.8, 4) is 6.07 Å². The standard InChI is InChI=1S/C18H19BrN4O/c1-12(24)22-18(2)6-3-7-23(11-18)17-8-13(10-20)15-9-14(19)4-5-16(15)21-17/h4-5,8-9H,3,6-7,11H2,1-2H3,(H,22,24)/t18-/m0/s1. The summed E-state index contributed by atoms with van der Waals surface area (Å²) >= 11 is 3.44. The van der Waals surface area contributed by atoms with E-state index in [0.29, 0.717) is 12.1 Å². The van der Waals surface area contributed by atoms with Crippen molar-refractivity contribution in [2.45, 2.75) is 32.2 Å². The Morgan fingerprint density at radius 1 is 1.46 bits per heavy atom. The molecule has 1 amide bonds. The molecule has 0 saturated carbocycles. The number of piperidine rings is 1. The average Bonchev–Trinajstić information content (AvgIpc) is 2.52. The molecule has 1 saturated heterocycles. The van der Waals surface area contributed by atoms with E-state index in [2.05, 4.69) is 39.1 Å². The second-order valence-electron chi connectivity index (χ2n) is 6.57. The maximum absolute atomic E-state index is 11.5. The number of rotatable bonds is 2. The fraction of sp³-hybridized carbons (Fsp3) is 0.389. The van der Waals surface area contributed by atoms with Gasteiger partial charge in [-0.25, -0.2) is 4.98 Å². The molecule has 6 heteroatoms. The highest BCUT2D eigenvalue weighted by Gasteiger charge is 2.32. The minimum atomic E-state index is -0.271. The van der Waals surface area contributed by atoms with E-state index in [-0.39, 0.29) is 11.4 Å². The minimum Gasteiger partial charge on any atom is -0.354 e. The molecule has 1 aliphatic rings. The van der Waals surface area contributed by atoms with Crippen LogP contribution in [0, 0.1) is 11.3 Å². The number of aromatic nitrogens is 1. The third kappa shape index (κ3) is 3.36. The first kappa shape index (κ1) is 16.7. The van der Waals surface area contributed by atoms with Crippen molar-refractivity contribution >= 4 is 38.6 Å². The van der Waals surface area contributed by atoms with E-state index in [4.69, 9.17) is 4.98 Å². The molecule has 1 aromatic heterocycles. The third-order valence-electron chi connectivity index (χ3n) is 4.38. The van der Waals surface area contributed by atoms with Crippen LogP contribution in [0.1, 0.15) is 32.3 Å². The molecule has 1 aromatic carbocycles. The number of nitriles is 1. The summed E-state index contributed by atoms with van der Waals surface area (Å²) in [6.07, 6.45) is 1.91. The lowest BCUT2D eigenvalue weighted by Crippen LogP contribution is -2.56. The largest absolute Gasteiger partial charge is 0.354 e. The van der Waals surface area contributed by atoms with Crippen LogP contribution in [0.25, 0.3) is 10.9 Å². The number of hydrogen-bond donors (Lipinski definition) is 1. The monoisotopic (exact) mass is 386 g/mol. The summed E-state index contributed by atoms with van der Waals surface area (Å²) < 4.78 is 0.928. The number of amides is 1. The van der Waals surface area contributed by atoms with Crippen molar-refractivity contribution in [1.29, 1.82) is 5.26 Å². The number of carbonyl (C=O) groups excluding carboxylic acids is 1. The predicted octanol–water partition coefficient (Wildman–Crippen LogP) is 3.36. The molecule has 0 aliphatic carbocycles. The van der Waals surface area contributed by atoms with Crippen molar-refractivity contribution in [2.75, 3.05) is 18.0 Å². The Kier molecular flexibility index (Phi) is 4.46. The van der Waals surface area contributed by atoms with Crippen LogP contribution in [0.2, 0.25) is 0 Å². The minimum absolute atomic E-state index is 0.0200. The maximum Gasteiger partial charge on any atom is 0.217 e. The molecule has 1 aliphatic heterocycles. The fourth-order valence-corrected chi connectivity index (χ4v) is 3.76. The van der Waals surface area contributed by atoms with Gasteiger partial charge in [-0.1, -0.05) is 15.9 Å². The van der Waals surface area contributed by atoms with Crippen molar-refractivity contribution in [1.82, 2.24) is 10.3 Å². The van der Waals surface area contributed by atoms with Crippen LogP contribution in [-0.4, -0.2) is 29.5 Å². The molecule has 0 radical (unpaired) electrons. The summed E-state index contributed by atoms with van der Waals surface area (Å²) in [5, 5.41) is 13.4. The fourth-order valence-electron chi connectivity index (χ4n) is 3.40. The zero-order valence-electron chi connectivity index (χ0n) is 13.8. The molecule has 5 nitrogen and oxygen atoms in total. The quantitative estimate of drug-likeness (QED) is 0.858. The highest BCUT2D eigenvalue weighted by atomic mass is 79.9. The van der Waals surface area contributed by atoms with Crippen LogP contribution < -0.4 is 10.2 Å². The first-order valence-electron chi connectivity index (χ1n) is 7.94. The molecule has 1 atom stereocenters. The molecule has 1 fully saturated rings. The number of pyridine rings is 1. The summed E-state index contributed by atoms with van der Waals surface area (Å²) in [5.41, 5.74) is 1.15. The van der Waals surface area contributed by atoms with E-state index in [0.717, 1.165) is 40.6 Å². The Labute approximate surface area is 149 Å². The molecule has 24 heavy (non-hydrogen) atoms. The van der Waals surface area contributed by atoms with E-state index in [1.54, 1.807) is 6.92 Å². The number of nitrogens with one attached hydrogen (secondary N) is 1. The average molecular weight is 387 g/mol. The molecule has 2 aromatic rings. The topological polar surface area (TPSA) is 69.0 Å². The van der Waals surface area contributed by atoms with Crippen LogP contribution >= 0.6 is 15.9 Å². The Hall–Kier alpha value is -2.13. The van der Waals surface area contributed by atoms with Crippen molar-refractivity contribution < 1.29 is 4.79 Å². The number of nitrogens with zero attached hydrogens (tertiary/aromatic N) is 3. The van der Waals surface area contributed by atoms with Gasteiger partial charge in [0.25, 0.3) is 0 Å². The van der Waals surface area contributed by atoms with Crippen LogP contribution in [0.3, 0.4) is 0 Å². The van der Waals surface area contributed by atoms with E-state index >= 15 is 0 Å². The summed E-state index contributed by atoms with van der Waals surface area (Å²) in [6, 6.07) is 9.88. The summed E-state index contributed by atoms with van der Waals surface area (Å²) in [5.74, 6) is 0.769. The van der Waals surface area contributed by atoms with Crippen LogP contribution in [0.4, 0.5) is 5.82 Å². The van der Waals surface area contributed by atoms with Gasteiger partial charge in [0.1, 0.15) is 5.82 Å². The maximum atomic E-state index is 11.5. The molecule has 0 spiro atoms. The number of benzene rings is 1. The van der Waals surface area contributed by atoms with Crippen LogP contribution in [-0.2, 0) is 4.79 Å². The van der Waals surface area contributed by atoms with E-state index < -0.39 is 0 Å². The number of hydrogen-bond acceptors (Lipinski definition) is 4. The van der Waals surface area contributed by atoms with Gasteiger partial charge in [0.05, 0.1) is 22.7 Å². The van der Waals surface area contributed by atoms with Crippen LogP contribution in [0.5, 0.6) is 0 Å². The Bertz CT molecular complexity index is 845. The lowest BCUT2D eigenvalue weighted by molar-refractivity contribution is -0.120. The molecule has 124 valence electrons. The van der Waals surface area contributed by atoms with Gasteiger partial charge in [-0.15, -0.1) is 0 Å². The second-order valence-corrected chi connectivity index (χ2v) is 7.48. The van der Waals surface area contributed by atoms with Gasteiger partial charge in [0.2, 0.25) is 5.91 Å². The first-order chi connectivity index (χ1) is 11.4. The highest BCUT2D eigenvalue weighted by Crippen LogP contribution is 2.29. The Morgan fingerprint density at radius 2 is 2.25 bits per heavy atom. The molecular weight excluding hydrogens is 368 g/mol. The number of anilines is 1.